The van der Waals surface area contributed by atoms with Crippen LogP contribution in [0, 0.1) is 0 Å². The van der Waals surface area contributed by atoms with Gasteiger partial charge >= 0.3 is 0 Å². The molecule has 0 aromatic heterocycles. The molecule has 0 aromatic rings. The zero-order chi connectivity index (χ0) is 7.11. The predicted octanol–water partition coefficient (Wildman–Crippen LogP) is -2.14. The van der Waals surface area contributed by atoms with E-state index in [9.17, 15) is 0 Å². The molecule has 1 atom stereocenters. The molecule has 0 aliphatic carbocycles. The SMILES string of the molecule is C[S+](CCO)CCCCl.[Br-]. The molecule has 1 nitrogen and oxygen atoms in total. The first-order chi connectivity index (χ1) is 4.31. The van der Waals surface area contributed by atoms with Gasteiger partial charge < -0.3 is 22.1 Å². The van der Waals surface area contributed by atoms with Gasteiger partial charge in [-0.05, 0) is 10.9 Å². The van der Waals surface area contributed by atoms with Gasteiger partial charge in [0.05, 0.1) is 12.9 Å². The molecule has 4 heteroatoms. The van der Waals surface area contributed by atoms with Crippen LogP contribution < -0.4 is 17.0 Å². The second kappa shape index (κ2) is 10.1. The molecule has 0 radical (unpaired) electrons. The highest BCUT2D eigenvalue weighted by Gasteiger charge is 2.07. The summed E-state index contributed by atoms with van der Waals surface area (Å²) >= 11 is 5.49. The largest absolute Gasteiger partial charge is 1.00 e. The number of hydrogen-bond donors (Lipinski definition) is 1. The van der Waals surface area contributed by atoms with Crippen LogP contribution >= 0.6 is 11.6 Å². The van der Waals surface area contributed by atoms with Crippen molar-refractivity contribution in [2.45, 2.75) is 6.42 Å². The maximum Gasteiger partial charge on any atom is 0.130 e. The zero-order valence-corrected chi connectivity index (χ0v) is 9.31. The molecule has 0 aromatic carbocycles. The molecular formula is C6H14BrClOS. The molecule has 0 aliphatic rings. The first kappa shape index (κ1) is 13.7. The van der Waals surface area contributed by atoms with Crippen LogP contribution in [0.2, 0.25) is 0 Å². The van der Waals surface area contributed by atoms with Crippen molar-refractivity contribution in [3.05, 3.63) is 0 Å². The summed E-state index contributed by atoms with van der Waals surface area (Å²) in [6.07, 6.45) is 3.25. The smallest absolute Gasteiger partial charge is 0.130 e. The Balaban J connectivity index is 0. The van der Waals surface area contributed by atoms with Gasteiger partial charge in [0.15, 0.2) is 0 Å². The first-order valence-electron chi connectivity index (χ1n) is 3.07. The highest BCUT2D eigenvalue weighted by Crippen LogP contribution is 1.95. The van der Waals surface area contributed by atoms with Crippen LogP contribution in [0.1, 0.15) is 6.42 Å². The molecule has 1 unspecified atom stereocenters. The fraction of sp³-hybridized carbons (Fsp3) is 1.00. The van der Waals surface area contributed by atoms with Gasteiger partial charge in [-0.3, -0.25) is 0 Å². The molecule has 64 valence electrons. The van der Waals surface area contributed by atoms with Gasteiger partial charge in [-0.15, -0.1) is 11.6 Å². The van der Waals surface area contributed by atoms with Crippen LogP contribution in [-0.2, 0) is 10.9 Å². The number of halogens is 2. The van der Waals surface area contributed by atoms with E-state index < -0.39 is 0 Å². The maximum atomic E-state index is 8.51. The lowest BCUT2D eigenvalue weighted by atomic mass is 10.6. The number of rotatable bonds is 5. The Morgan fingerprint density at radius 2 is 2.00 bits per heavy atom. The minimum Gasteiger partial charge on any atom is -1.00 e. The Hall–Kier alpha value is 1.08. The first-order valence-corrected chi connectivity index (χ1v) is 5.57. The topological polar surface area (TPSA) is 20.2 Å². The van der Waals surface area contributed by atoms with Gasteiger partial charge in [-0.25, -0.2) is 0 Å². The molecule has 0 bridgehead atoms. The van der Waals surface area contributed by atoms with Gasteiger partial charge in [0.1, 0.15) is 11.5 Å². The Morgan fingerprint density at radius 1 is 1.40 bits per heavy atom. The predicted molar refractivity (Wildman–Crippen MR) is 45.4 cm³/mol. The zero-order valence-electron chi connectivity index (χ0n) is 6.15. The fourth-order valence-electron chi connectivity index (χ4n) is 0.559. The van der Waals surface area contributed by atoms with E-state index in [-0.39, 0.29) is 17.0 Å². The van der Waals surface area contributed by atoms with E-state index in [1.54, 1.807) is 0 Å². The minimum atomic E-state index is 0. The Morgan fingerprint density at radius 3 is 2.40 bits per heavy atom. The van der Waals surface area contributed by atoms with Gasteiger partial charge in [0.25, 0.3) is 0 Å². The monoisotopic (exact) mass is 248 g/mol. The van der Waals surface area contributed by atoms with Gasteiger partial charge in [0.2, 0.25) is 0 Å². The van der Waals surface area contributed by atoms with Crippen LogP contribution in [0.5, 0.6) is 0 Å². The van der Waals surface area contributed by atoms with Crippen LogP contribution in [0.4, 0.5) is 0 Å². The minimum absolute atomic E-state index is 0. The number of alkyl halides is 1. The number of hydrogen-bond acceptors (Lipinski definition) is 1. The van der Waals surface area contributed by atoms with E-state index in [4.69, 9.17) is 16.7 Å². The second-order valence-electron chi connectivity index (χ2n) is 1.96. The quantitative estimate of drug-likeness (QED) is 0.436. The van der Waals surface area contributed by atoms with E-state index in [2.05, 4.69) is 6.26 Å². The van der Waals surface area contributed by atoms with Crippen molar-refractivity contribution in [2.24, 2.45) is 0 Å². The summed E-state index contributed by atoms with van der Waals surface area (Å²) < 4.78 is 0. The standard InChI is InChI=1S/C6H14ClOS.BrH/c1-9(6-4-8)5-2-3-7;/h8H,2-6H2,1H3;1H/q+1;/p-1. The maximum absolute atomic E-state index is 8.51. The van der Waals surface area contributed by atoms with Crippen LogP contribution in [0.25, 0.3) is 0 Å². The highest BCUT2D eigenvalue weighted by molar-refractivity contribution is 7.96. The summed E-state index contributed by atoms with van der Waals surface area (Å²) in [5.74, 6) is 2.86. The summed E-state index contributed by atoms with van der Waals surface area (Å²) in [7, 11) is 0.396. The van der Waals surface area contributed by atoms with Crippen LogP contribution in [0.15, 0.2) is 0 Å². The molecule has 0 saturated heterocycles. The Kier molecular flexibility index (Phi) is 13.8. The average Bonchev–Trinajstić information content (AvgIpc) is 1.85. The molecular weight excluding hydrogens is 235 g/mol. The lowest BCUT2D eigenvalue weighted by Crippen LogP contribution is -3.00. The van der Waals surface area contributed by atoms with Gasteiger partial charge in [-0.1, -0.05) is 0 Å². The van der Waals surface area contributed by atoms with Crippen molar-refractivity contribution in [1.29, 1.82) is 0 Å². The molecule has 0 spiro atoms. The van der Waals surface area contributed by atoms with E-state index >= 15 is 0 Å². The summed E-state index contributed by atoms with van der Waals surface area (Å²) in [6, 6.07) is 0. The molecule has 0 saturated carbocycles. The third-order valence-corrected chi connectivity index (χ3v) is 3.20. The molecule has 0 aliphatic heterocycles. The Labute approximate surface area is 81.3 Å². The molecule has 10 heavy (non-hydrogen) atoms. The van der Waals surface area contributed by atoms with Crippen LogP contribution in [0.3, 0.4) is 0 Å². The summed E-state index contributed by atoms with van der Waals surface area (Å²) in [5, 5.41) is 8.51. The van der Waals surface area contributed by atoms with Crippen LogP contribution in [-0.4, -0.2) is 35.4 Å². The van der Waals surface area contributed by atoms with Crippen molar-refractivity contribution in [1.82, 2.24) is 0 Å². The summed E-state index contributed by atoms with van der Waals surface area (Å²) in [6.45, 7) is 0.321. The molecule has 0 rings (SSSR count). The number of aliphatic hydroxyl groups excluding tert-OH is 1. The van der Waals surface area contributed by atoms with Crippen molar-refractivity contribution in [3.63, 3.8) is 0 Å². The normalized spacial score (nSPS) is 12.3. The lowest BCUT2D eigenvalue weighted by Gasteiger charge is -1.97. The molecule has 0 heterocycles. The average molecular weight is 250 g/mol. The lowest BCUT2D eigenvalue weighted by molar-refractivity contribution is -0.00000308. The molecule has 0 amide bonds. The third-order valence-electron chi connectivity index (χ3n) is 1.07. The second-order valence-corrected chi connectivity index (χ2v) is 4.71. The molecule has 0 fully saturated rings. The Bertz CT molecular complexity index is 65.7. The van der Waals surface area contributed by atoms with E-state index in [0.29, 0.717) is 17.5 Å². The van der Waals surface area contributed by atoms with E-state index in [1.807, 2.05) is 0 Å². The van der Waals surface area contributed by atoms with Crippen molar-refractivity contribution in [3.8, 4) is 0 Å². The third kappa shape index (κ3) is 9.08. The molecule has 1 N–H and O–H groups in total. The van der Waals surface area contributed by atoms with Crippen molar-refractivity contribution < 1.29 is 22.1 Å². The summed E-state index contributed by atoms with van der Waals surface area (Å²) in [4.78, 5) is 0. The van der Waals surface area contributed by atoms with Crippen molar-refractivity contribution >= 4 is 22.5 Å². The summed E-state index contributed by atoms with van der Waals surface area (Å²) in [5.41, 5.74) is 0. The van der Waals surface area contributed by atoms with Gasteiger partial charge in [0, 0.05) is 12.3 Å². The highest BCUT2D eigenvalue weighted by atomic mass is 79.9. The van der Waals surface area contributed by atoms with Crippen molar-refractivity contribution in [2.75, 3.05) is 30.2 Å². The van der Waals surface area contributed by atoms with Gasteiger partial charge in [-0.2, -0.15) is 0 Å². The fourth-order valence-corrected chi connectivity index (χ4v) is 2.00. The van der Waals surface area contributed by atoms with E-state index in [0.717, 1.165) is 18.1 Å². The van der Waals surface area contributed by atoms with E-state index in [1.165, 1.54) is 5.75 Å². The number of aliphatic hydroxyl groups is 1.